The predicted octanol–water partition coefficient (Wildman–Crippen LogP) is 1.86. The highest BCUT2D eigenvalue weighted by atomic mass is 16.5. The molecule has 2 rings (SSSR count). The quantitative estimate of drug-likeness (QED) is 0.797. The minimum absolute atomic E-state index is 0.124. The molecule has 0 aromatic carbocycles. The largest absolute Gasteiger partial charge is 0.381 e. The Morgan fingerprint density at radius 3 is 2.53 bits per heavy atom. The fourth-order valence-corrected chi connectivity index (χ4v) is 3.45. The van der Waals surface area contributed by atoms with Crippen molar-refractivity contribution in [3.8, 4) is 0 Å². The van der Waals surface area contributed by atoms with Crippen LogP contribution in [0.2, 0.25) is 0 Å². The van der Waals surface area contributed by atoms with Crippen LogP contribution in [0, 0.1) is 11.8 Å². The van der Waals surface area contributed by atoms with E-state index in [1.54, 1.807) is 0 Å². The highest BCUT2D eigenvalue weighted by molar-refractivity contribution is 4.95. The Morgan fingerprint density at radius 2 is 2.00 bits per heavy atom. The van der Waals surface area contributed by atoms with Gasteiger partial charge in [-0.25, -0.2) is 0 Å². The minimum atomic E-state index is 0.124. The van der Waals surface area contributed by atoms with E-state index in [9.17, 15) is 0 Å². The Morgan fingerprint density at radius 1 is 1.29 bits per heavy atom. The molecule has 2 fully saturated rings. The van der Waals surface area contributed by atoms with Crippen LogP contribution in [0.3, 0.4) is 0 Å². The first-order chi connectivity index (χ1) is 8.16. The zero-order valence-electron chi connectivity index (χ0n) is 11.5. The van der Waals surface area contributed by atoms with Crippen LogP contribution in [-0.4, -0.2) is 43.8 Å². The number of hydrogen-bond acceptors (Lipinski definition) is 3. The highest BCUT2D eigenvalue weighted by Crippen LogP contribution is 2.33. The topological polar surface area (TPSA) is 38.5 Å². The normalized spacial score (nSPS) is 30.0. The van der Waals surface area contributed by atoms with Gasteiger partial charge in [0.15, 0.2) is 0 Å². The number of hydrogen-bond donors (Lipinski definition) is 1. The molecule has 0 bridgehead atoms. The van der Waals surface area contributed by atoms with Crippen LogP contribution >= 0.6 is 0 Å². The highest BCUT2D eigenvalue weighted by Gasteiger charge is 2.39. The molecule has 2 N–H and O–H groups in total. The Hall–Kier alpha value is -0.120. The molecule has 17 heavy (non-hydrogen) atoms. The van der Waals surface area contributed by atoms with Gasteiger partial charge in [0, 0.05) is 31.2 Å². The van der Waals surface area contributed by atoms with Crippen LogP contribution in [0.25, 0.3) is 0 Å². The summed E-state index contributed by atoms with van der Waals surface area (Å²) < 4.78 is 5.54. The molecule has 1 heterocycles. The van der Waals surface area contributed by atoms with Gasteiger partial charge in [0.25, 0.3) is 0 Å². The van der Waals surface area contributed by atoms with Crippen molar-refractivity contribution in [3.63, 3.8) is 0 Å². The lowest BCUT2D eigenvalue weighted by molar-refractivity contribution is 0.0551. The monoisotopic (exact) mass is 240 g/mol. The van der Waals surface area contributed by atoms with Gasteiger partial charge in [0.05, 0.1) is 6.61 Å². The number of likely N-dealkylation sites (N-methyl/N-ethyl adjacent to an activating group) is 1. The van der Waals surface area contributed by atoms with E-state index in [-0.39, 0.29) is 5.54 Å². The SMILES string of the molecule is CN(CC1CCCC1)C(C)(CN)C1CCOC1. The summed E-state index contributed by atoms with van der Waals surface area (Å²) in [6.07, 6.45) is 6.83. The summed E-state index contributed by atoms with van der Waals surface area (Å²) in [6, 6.07) is 0. The van der Waals surface area contributed by atoms with Gasteiger partial charge in [-0.1, -0.05) is 12.8 Å². The van der Waals surface area contributed by atoms with Crippen molar-refractivity contribution < 1.29 is 4.74 Å². The number of rotatable bonds is 5. The van der Waals surface area contributed by atoms with Crippen LogP contribution in [-0.2, 0) is 4.74 Å². The standard InChI is InChI=1S/C14H28N2O/c1-14(11-15,13-7-8-17-10-13)16(2)9-12-5-3-4-6-12/h12-13H,3-11,15H2,1-2H3. The maximum Gasteiger partial charge on any atom is 0.0513 e. The maximum absolute atomic E-state index is 6.06. The van der Waals surface area contributed by atoms with Gasteiger partial charge in [0.2, 0.25) is 0 Å². The van der Waals surface area contributed by atoms with Crippen LogP contribution < -0.4 is 5.73 Å². The van der Waals surface area contributed by atoms with Crippen LogP contribution in [0.1, 0.15) is 39.0 Å². The van der Waals surface area contributed by atoms with Gasteiger partial charge in [0.1, 0.15) is 0 Å². The average molecular weight is 240 g/mol. The van der Waals surface area contributed by atoms with Crippen LogP contribution in [0.15, 0.2) is 0 Å². The Labute approximate surface area is 106 Å². The van der Waals surface area contributed by atoms with Gasteiger partial charge in [-0.15, -0.1) is 0 Å². The molecule has 1 saturated heterocycles. The molecule has 2 atom stereocenters. The fraction of sp³-hybridized carbons (Fsp3) is 1.00. The van der Waals surface area contributed by atoms with E-state index in [4.69, 9.17) is 10.5 Å². The van der Waals surface area contributed by atoms with Crippen molar-refractivity contribution in [2.24, 2.45) is 17.6 Å². The van der Waals surface area contributed by atoms with E-state index >= 15 is 0 Å². The smallest absolute Gasteiger partial charge is 0.0513 e. The van der Waals surface area contributed by atoms with Crippen molar-refractivity contribution in [2.45, 2.75) is 44.6 Å². The van der Waals surface area contributed by atoms with Gasteiger partial charge in [-0.05, 0) is 39.2 Å². The maximum atomic E-state index is 6.06. The third-order valence-electron chi connectivity index (χ3n) is 5.10. The molecule has 3 nitrogen and oxygen atoms in total. The first kappa shape index (κ1) is 13.3. The number of ether oxygens (including phenoxy) is 1. The summed E-state index contributed by atoms with van der Waals surface area (Å²) in [7, 11) is 2.25. The van der Waals surface area contributed by atoms with Crippen molar-refractivity contribution in [1.29, 1.82) is 0 Å². The van der Waals surface area contributed by atoms with Crippen LogP contribution in [0.4, 0.5) is 0 Å². The first-order valence-corrected chi connectivity index (χ1v) is 7.16. The van der Waals surface area contributed by atoms with Crippen molar-refractivity contribution in [1.82, 2.24) is 4.90 Å². The molecule has 0 amide bonds. The molecule has 1 aliphatic carbocycles. The van der Waals surface area contributed by atoms with E-state index in [1.807, 2.05) is 0 Å². The summed E-state index contributed by atoms with van der Waals surface area (Å²) >= 11 is 0. The molecule has 3 heteroatoms. The molecular weight excluding hydrogens is 212 g/mol. The van der Waals surface area contributed by atoms with Crippen molar-refractivity contribution in [3.05, 3.63) is 0 Å². The Kier molecular flexibility index (Phi) is 4.45. The van der Waals surface area contributed by atoms with Crippen molar-refractivity contribution in [2.75, 3.05) is 33.4 Å². The fourth-order valence-electron chi connectivity index (χ4n) is 3.45. The molecule has 2 unspecified atom stereocenters. The summed E-state index contributed by atoms with van der Waals surface area (Å²) in [4.78, 5) is 2.52. The first-order valence-electron chi connectivity index (χ1n) is 7.16. The molecule has 1 saturated carbocycles. The summed E-state index contributed by atoms with van der Waals surface area (Å²) in [5.74, 6) is 1.51. The molecule has 0 spiro atoms. The third-order valence-corrected chi connectivity index (χ3v) is 5.10. The Bertz CT molecular complexity index is 234. The van der Waals surface area contributed by atoms with E-state index in [2.05, 4.69) is 18.9 Å². The molecule has 100 valence electrons. The second kappa shape index (κ2) is 5.68. The minimum Gasteiger partial charge on any atom is -0.381 e. The summed E-state index contributed by atoms with van der Waals surface area (Å²) in [6.45, 7) is 6.08. The van der Waals surface area contributed by atoms with Gasteiger partial charge in [-0.2, -0.15) is 0 Å². The number of nitrogens with two attached hydrogens (primary N) is 1. The van der Waals surface area contributed by atoms with Gasteiger partial charge in [-0.3, -0.25) is 4.90 Å². The summed E-state index contributed by atoms with van der Waals surface area (Å²) in [5.41, 5.74) is 6.19. The van der Waals surface area contributed by atoms with E-state index in [1.165, 1.54) is 38.6 Å². The average Bonchev–Trinajstić information content (AvgIpc) is 3.00. The molecule has 1 aliphatic heterocycles. The van der Waals surface area contributed by atoms with E-state index < -0.39 is 0 Å². The van der Waals surface area contributed by atoms with Crippen molar-refractivity contribution >= 4 is 0 Å². The second-order valence-electron chi connectivity index (χ2n) is 6.15. The number of nitrogens with zero attached hydrogens (tertiary/aromatic N) is 1. The lowest BCUT2D eigenvalue weighted by Gasteiger charge is -2.43. The lowest BCUT2D eigenvalue weighted by atomic mass is 9.83. The van der Waals surface area contributed by atoms with E-state index in [0.29, 0.717) is 5.92 Å². The molecular formula is C14H28N2O. The molecule has 0 radical (unpaired) electrons. The molecule has 2 aliphatic rings. The molecule has 0 aromatic rings. The molecule has 0 aromatic heterocycles. The van der Waals surface area contributed by atoms with Gasteiger partial charge >= 0.3 is 0 Å². The predicted molar refractivity (Wildman–Crippen MR) is 71.0 cm³/mol. The zero-order chi connectivity index (χ0) is 12.3. The second-order valence-corrected chi connectivity index (χ2v) is 6.15. The van der Waals surface area contributed by atoms with E-state index in [0.717, 1.165) is 25.7 Å². The van der Waals surface area contributed by atoms with Crippen LogP contribution in [0.5, 0.6) is 0 Å². The lowest BCUT2D eigenvalue weighted by Crippen LogP contribution is -2.56. The Balaban J connectivity index is 1.94. The van der Waals surface area contributed by atoms with Gasteiger partial charge < -0.3 is 10.5 Å². The third kappa shape index (κ3) is 2.83. The zero-order valence-corrected chi connectivity index (χ0v) is 11.5. The summed E-state index contributed by atoms with van der Waals surface area (Å²) in [5, 5.41) is 0.